The van der Waals surface area contributed by atoms with E-state index in [1.807, 2.05) is 32.0 Å². The van der Waals surface area contributed by atoms with Crippen LogP contribution in [0, 0.1) is 26.2 Å². The van der Waals surface area contributed by atoms with Gasteiger partial charge in [0.2, 0.25) is 0 Å². The monoisotopic (exact) mass is 201 g/mol. The van der Waals surface area contributed by atoms with Crippen molar-refractivity contribution in [3.63, 3.8) is 0 Å². The molecule has 1 aromatic carbocycles. The van der Waals surface area contributed by atoms with Crippen molar-refractivity contribution in [3.8, 4) is 12.3 Å². The Morgan fingerprint density at radius 1 is 1.47 bits per heavy atom. The highest BCUT2D eigenvalue weighted by atomic mass is 16.1. The number of aryl methyl sites for hydroxylation is 2. The van der Waals surface area contributed by atoms with Gasteiger partial charge in [0.05, 0.1) is 6.04 Å². The Labute approximate surface area is 90.7 Å². The zero-order valence-electron chi connectivity index (χ0n) is 9.29. The Morgan fingerprint density at radius 3 is 2.73 bits per heavy atom. The molecule has 0 heterocycles. The fourth-order valence-corrected chi connectivity index (χ4v) is 1.30. The van der Waals surface area contributed by atoms with Crippen LogP contribution in [0.25, 0.3) is 0 Å². The topological polar surface area (TPSA) is 29.1 Å². The Hall–Kier alpha value is -1.75. The highest BCUT2D eigenvalue weighted by Crippen LogP contribution is 2.10. The Kier molecular flexibility index (Phi) is 3.51. The summed E-state index contributed by atoms with van der Waals surface area (Å²) in [6.07, 6.45) is 5.20. The first-order valence-electron chi connectivity index (χ1n) is 4.89. The average molecular weight is 201 g/mol. The molecule has 1 amide bonds. The molecule has 0 spiro atoms. The number of carbonyl (C=O) groups is 1. The van der Waals surface area contributed by atoms with E-state index in [9.17, 15) is 4.79 Å². The van der Waals surface area contributed by atoms with E-state index in [1.54, 1.807) is 6.92 Å². The third kappa shape index (κ3) is 2.85. The lowest BCUT2D eigenvalue weighted by Gasteiger charge is -2.10. The molecule has 0 aliphatic heterocycles. The summed E-state index contributed by atoms with van der Waals surface area (Å²) < 4.78 is 0. The van der Waals surface area contributed by atoms with Crippen LogP contribution >= 0.6 is 0 Å². The second-order valence-electron chi connectivity index (χ2n) is 3.68. The Bertz CT molecular complexity index is 415. The summed E-state index contributed by atoms with van der Waals surface area (Å²) in [7, 11) is 0. The average Bonchev–Trinajstić information content (AvgIpc) is 2.21. The second kappa shape index (κ2) is 4.65. The number of benzene rings is 1. The summed E-state index contributed by atoms with van der Waals surface area (Å²) in [5.74, 6) is 2.36. The van der Waals surface area contributed by atoms with Gasteiger partial charge in [0, 0.05) is 5.56 Å². The van der Waals surface area contributed by atoms with Crippen LogP contribution in [0.15, 0.2) is 18.2 Å². The molecular weight excluding hydrogens is 186 g/mol. The lowest BCUT2D eigenvalue weighted by molar-refractivity contribution is 0.0947. The molecule has 1 N–H and O–H groups in total. The van der Waals surface area contributed by atoms with Gasteiger partial charge >= 0.3 is 0 Å². The molecule has 0 fully saturated rings. The number of carbonyl (C=O) groups excluding carboxylic acids is 1. The van der Waals surface area contributed by atoms with E-state index >= 15 is 0 Å². The molecule has 0 radical (unpaired) electrons. The summed E-state index contributed by atoms with van der Waals surface area (Å²) in [4.78, 5) is 11.8. The van der Waals surface area contributed by atoms with Gasteiger partial charge in [-0.15, -0.1) is 6.42 Å². The van der Waals surface area contributed by atoms with E-state index in [-0.39, 0.29) is 11.9 Å². The number of amides is 1. The Morgan fingerprint density at radius 2 is 2.13 bits per heavy atom. The maximum Gasteiger partial charge on any atom is 0.252 e. The molecule has 0 bridgehead atoms. The van der Waals surface area contributed by atoms with Gasteiger partial charge in [-0.25, -0.2) is 0 Å². The van der Waals surface area contributed by atoms with E-state index in [0.29, 0.717) is 5.56 Å². The lowest BCUT2D eigenvalue weighted by Crippen LogP contribution is -2.31. The van der Waals surface area contributed by atoms with Gasteiger partial charge < -0.3 is 5.32 Å². The van der Waals surface area contributed by atoms with Gasteiger partial charge in [0.15, 0.2) is 0 Å². The van der Waals surface area contributed by atoms with Crippen LogP contribution in [0.4, 0.5) is 0 Å². The fraction of sp³-hybridized carbons (Fsp3) is 0.308. The minimum Gasteiger partial charge on any atom is -0.339 e. The normalized spacial score (nSPS) is 11.6. The number of hydrogen-bond donors (Lipinski definition) is 1. The molecule has 2 heteroatoms. The van der Waals surface area contributed by atoms with Gasteiger partial charge in [-0.1, -0.05) is 23.6 Å². The van der Waals surface area contributed by atoms with Crippen molar-refractivity contribution in [1.82, 2.24) is 5.32 Å². The third-order valence-electron chi connectivity index (χ3n) is 2.24. The highest BCUT2D eigenvalue weighted by Gasteiger charge is 2.10. The Balaban J connectivity index is 2.92. The van der Waals surface area contributed by atoms with Gasteiger partial charge in [-0.2, -0.15) is 0 Å². The first-order valence-corrected chi connectivity index (χ1v) is 4.89. The molecule has 78 valence electrons. The van der Waals surface area contributed by atoms with E-state index in [2.05, 4.69) is 11.2 Å². The second-order valence-corrected chi connectivity index (χ2v) is 3.68. The quantitative estimate of drug-likeness (QED) is 0.729. The highest BCUT2D eigenvalue weighted by molar-refractivity contribution is 5.96. The van der Waals surface area contributed by atoms with Crippen molar-refractivity contribution >= 4 is 5.91 Å². The maximum absolute atomic E-state index is 11.8. The first kappa shape index (κ1) is 11.3. The van der Waals surface area contributed by atoms with Gasteiger partial charge in [0.25, 0.3) is 5.91 Å². The van der Waals surface area contributed by atoms with Crippen LogP contribution in [-0.4, -0.2) is 11.9 Å². The first-order chi connectivity index (χ1) is 7.04. The van der Waals surface area contributed by atoms with Crippen LogP contribution in [-0.2, 0) is 0 Å². The van der Waals surface area contributed by atoms with Crippen LogP contribution in [0.2, 0.25) is 0 Å². The minimum atomic E-state index is -0.239. The summed E-state index contributed by atoms with van der Waals surface area (Å²) in [5.41, 5.74) is 2.72. The number of terminal acetylenes is 1. The summed E-state index contributed by atoms with van der Waals surface area (Å²) >= 11 is 0. The molecule has 0 saturated heterocycles. The molecule has 1 unspecified atom stereocenters. The molecule has 0 aliphatic rings. The van der Waals surface area contributed by atoms with Crippen LogP contribution < -0.4 is 5.32 Å². The largest absolute Gasteiger partial charge is 0.339 e. The number of rotatable bonds is 2. The van der Waals surface area contributed by atoms with Crippen molar-refractivity contribution in [3.05, 3.63) is 34.9 Å². The zero-order chi connectivity index (χ0) is 11.4. The van der Waals surface area contributed by atoms with Gasteiger partial charge in [-0.05, 0) is 32.4 Å². The lowest BCUT2D eigenvalue weighted by atomic mass is 10.0. The summed E-state index contributed by atoms with van der Waals surface area (Å²) in [5, 5.41) is 2.74. The van der Waals surface area contributed by atoms with Crippen molar-refractivity contribution in [1.29, 1.82) is 0 Å². The molecule has 1 atom stereocenters. The fourth-order valence-electron chi connectivity index (χ4n) is 1.30. The van der Waals surface area contributed by atoms with Crippen LogP contribution in [0.1, 0.15) is 28.4 Å². The SMILES string of the molecule is C#CC(C)NC(=O)c1cc(C)ccc1C. The maximum atomic E-state index is 11.8. The molecule has 2 nitrogen and oxygen atoms in total. The van der Waals surface area contributed by atoms with Crippen molar-refractivity contribution in [2.24, 2.45) is 0 Å². The number of nitrogens with one attached hydrogen (secondary N) is 1. The molecule has 1 rings (SSSR count). The molecular formula is C13H15NO. The van der Waals surface area contributed by atoms with Crippen LogP contribution in [0.5, 0.6) is 0 Å². The zero-order valence-corrected chi connectivity index (χ0v) is 9.29. The minimum absolute atomic E-state index is 0.110. The van der Waals surface area contributed by atoms with Crippen molar-refractivity contribution in [2.75, 3.05) is 0 Å². The third-order valence-corrected chi connectivity index (χ3v) is 2.24. The molecule has 0 aromatic heterocycles. The molecule has 1 aromatic rings. The molecule has 0 aliphatic carbocycles. The predicted molar refractivity (Wildman–Crippen MR) is 61.7 cm³/mol. The standard InChI is InChI=1S/C13H15NO/c1-5-11(4)14-13(15)12-8-9(2)6-7-10(12)3/h1,6-8,11H,2-4H3,(H,14,15). The van der Waals surface area contributed by atoms with E-state index in [0.717, 1.165) is 11.1 Å². The molecule has 0 saturated carbocycles. The summed E-state index contributed by atoms with van der Waals surface area (Å²) in [6, 6.07) is 5.55. The van der Waals surface area contributed by atoms with Crippen molar-refractivity contribution in [2.45, 2.75) is 26.8 Å². The van der Waals surface area contributed by atoms with Crippen LogP contribution in [0.3, 0.4) is 0 Å². The van der Waals surface area contributed by atoms with E-state index in [1.165, 1.54) is 0 Å². The smallest absolute Gasteiger partial charge is 0.252 e. The van der Waals surface area contributed by atoms with E-state index in [4.69, 9.17) is 6.42 Å². The molecule has 15 heavy (non-hydrogen) atoms. The van der Waals surface area contributed by atoms with Crippen molar-refractivity contribution < 1.29 is 4.79 Å². The van der Waals surface area contributed by atoms with E-state index < -0.39 is 0 Å². The predicted octanol–water partition coefficient (Wildman–Crippen LogP) is 2.05. The van der Waals surface area contributed by atoms with Gasteiger partial charge in [0.1, 0.15) is 0 Å². The van der Waals surface area contributed by atoms with Gasteiger partial charge in [-0.3, -0.25) is 4.79 Å². The number of hydrogen-bond acceptors (Lipinski definition) is 1. The summed E-state index contributed by atoms with van der Waals surface area (Å²) in [6.45, 7) is 5.65.